The van der Waals surface area contributed by atoms with E-state index >= 15 is 0 Å². The summed E-state index contributed by atoms with van der Waals surface area (Å²) in [6, 6.07) is 3.69. The summed E-state index contributed by atoms with van der Waals surface area (Å²) in [7, 11) is 0. The first kappa shape index (κ1) is 15.2. The van der Waals surface area contributed by atoms with Crippen LogP contribution in [0.2, 0.25) is 0 Å². The molecular formula is C16H21N3O2S. The van der Waals surface area contributed by atoms with Gasteiger partial charge in [0.05, 0.1) is 4.88 Å². The van der Waals surface area contributed by atoms with Crippen molar-refractivity contribution in [2.75, 3.05) is 6.54 Å². The number of piperidine rings is 1. The number of thiophene rings is 1. The molecule has 0 radical (unpaired) electrons. The lowest BCUT2D eigenvalue weighted by atomic mass is 10.0. The van der Waals surface area contributed by atoms with Crippen LogP contribution in [0.15, 0.2) is 22.0 Å². The Balaban J connectivity index is 1.80. The molecule has 1 fully saturated rings. The molecule has 6 heteroatoms. The van der Waals surface area contributed by atoms with Gasteiger partial charge in [0.25, 0.3) is 5.91 Å². The summed E-state index contributed by atoms with van der Waals surface area (Å²) in [5.41, 5.74) is 0. The molecule has 1 amide bonds. The lowest BCUT2D eigenvalue weighted by Crippen LogP contribution is -2.38. The number of nitrogens with zero attached hydrogens (tertiary/aromatic N) is 3. The van der Waals surface area contributed by atoms with E-state index in [9.17, 15) is 4.79 Å². The Kier molecular flexibility index (Phi) is 4.57. The number of carbonyl (C=O) groups excluding carboxylic acids is 1. The Morgan fingerprint density at radius 1 is 1.50 bits per heavy atom. The van der Waals surface area contributed by atoms with Crippen molar-refractivity contribution >= 4 is 17.2 Å². The fourth-order valence-electron chi connectivity index (χ4n) is 2.82. The number of carbonyl (C=O) groups is 1. The van der Waals surface area contributed by atoms with E-state index in [-0.39, 0.29) is 11.9 Å². The van der Waals surface area contributed by atoms with Crippen LogP contribution in [0.1, 0.15) is 60.5 Å². The summed E-state index contributed by atoms with van der Waals surface area (Å²) in [4.78, 5) is 19.9. The molecule has 1 saturated heterocycles. The van der Waals surface area contributed by atoms with Crippen molar-refractivity contribution in [3.05, 3.63) is 34.1 Å². The van der Waals surface area contributed by atoms with Crippen LogP contribution >= 0.6 is 11.3 Å². The van der Waals surface area contributed by atoms with Gasteiger partial charge >= 0.3 is 0 Å². The zero-order valence-corrected chi connectivity index (χ0v) is 13.8. The first-order chi connectivity index (χ1) is 10.6. The van der Waals surface area contributed by atoms with Crippen LogP contribution in [-0.2, 0) is 6.42 Å². The zero-order chi connectivity index (χ0) is 15.5. The van der Waals surface area contributed by atoms with Crippen molar-refractivity contribution in [2.45, 2.75) is 45.6 Å². The summed E-state index contributed by atoms with van der Waals surface area (Å²) in [5.74, 6) is 1.88. The second kappa shape index (κ2) is 6.60. The number of hydrogen-bond donors (Lipinski definition) is 0. The molecule has 0 aromatic carbocycles. The highest BCUT2D eigenvalue weighted by molar-refractivity contribution is 7.12. The third-order valence-electron chi connectivity index (χ3n) is 3.86. The highest BCUT2D eigenvalue weighted by atomic mass is 32.1. The van der Waals surface area contributed by atoms with Gasteiger partial charge in [0.2, 0.25) is 5.89 Å². The van der Waals surface area contributed by atoms with Gasteiger partial charge in [-0.1, -0.05) is 25.1 Å². The molecule has 118 valence electrons. The average Bonchev–Trinajstić information content (AvgIpc) is 3.17. The summed E-state index contributed by atoms with van der Waals surface area (Å²) in [6.45, 7) is 5.01. The molecule has 2 aromatic heterocycles. The molecule has 3 heterocycles. The number of amides is 1. The molecule has 0 spiro atoms. The molecule has 1 aliphatic rings. The van der Waals surface area contributed by atoms with E-state index in [1.165, 1.54) is 11.3 Å². The van der Waals surface area contributed by atoms with Gasteiger partial charge in [0, 0.05) is 13.0 Å². The van der Waals surface area contributed by atoms with Crippen LogP contribution < -0.4 is 0 Å². The highest BCUT2D eigenvalue weighted by Gasteiger charge is 2.33. The van der Waals surface area contributed by atoms with E-state index in [1.807, 2.05) is 22.4 Å². The minimum absolute atomic E-state index is 0.0725. The Hall–Kier alpha value is -1.69. The Morgan fingerprint density at radius 2 is 2.36 bits per heavy atom. The van der Waals surface area contributed by atoms with Crippen molar-refractivity contribution in [3.8, 4) is 0 Å². The molecule has 1 aliphatic heterocycles. The summed E-state index contributed by atoms with van der Waals surface area (Å²) < 4.78 is 5.45. The lowest BCUT2D eigenvalue weighted by Gasteiger charge is -2.33. The normalized spacial score (nSPS) is 18.9. The van der Waals surface area contributed by atoms with Gasteiger partial charge in [-0.15, -0.1) is 11.3 Å². The predicted molar refractivity (Wildman–Crippen MR) is 84.8 cm³/mol. The fraction of sp³-hybridized carbons (Fsp3) is 0.562. The van der Waals surface area contributed by atoms with E-state index in [1.54, 1.807) is 0 Å². The second-order valence-electron chi connectivity index (χ2n) is 6.13. The van der Waals surface area contributed by atoms with Crippen molar-refractivity contribution in [1.82, 2.24) is 15.0 Å². The molecular weight excluding hydrogens is 298 g/mol. The Morgan fingerprint density at radius 3 is 3.09 bits per heavy atom. The minimum Gasteiger partial charge on any atom is -0.337 e. The Labute approximate surface area is 134 Å². The van der Waals surface area contributed by atoms with Gasteiger partial charge in [-0.2, -0.15) is 4.98 Å². The monoisotopic (exact) mass is 319 g/mol. The highest BCUT2D eigenvalue weighted by Crippen LogP contribution is 2.32. The second-order valence-corrected chi connectivity index (χ2v) is 7.08. The first-order valence-electron chi connectivity index (χ1n) is 7.82. The van der Waals surface area contributed by atoms with E-state index in [0.29, 0.717) is 11.8 Å². The molecule has 0 unspecified atom stereocenters. The van der Waals surface area contributed by atoms with Gasteiger partial charge < -0.3 is 9.42 Å². The Bertz CT molecular complexity index is 621. The van der Waals surface area contributed by atoms with Crippen molar-refractivity contribution in [1.29, 1.82) is 0 Å². The lowest BCUT2D eigenvalue weighted by molar-refractivity contribution is 0.0566. The number of hydrogen-bond acceptors (Lipinski definition) is 5. The molecule has 0 aliphatic carbocycles. The van der Waals surface area contributed by atoms with Gasteiger partial charge in [0.15, 0.2) is 5.82 Å². The topological polar surface area (TPSA) is 59.2 Å². The van der Waals surface area contributed by atoms with Crippen LogP contribution in [0.25, 0.3) is 0 Å². The average molecular weight is 319 g/mol. The maximum atomic E-state index is 12.7. The van der Waals surface area contributed by atoms with Crippen LogP contribution in [0.5, 0.6) is 0 Å². The third-order valence-corrected chi connectivity index (χ3v) is 4.71. The molecule has 0 N–H and O–H groups in total. The molecule has 3 rings (SSSR count). The summed E-state index contributed by atoms with van der Waals surface area (Å²) in [6.07, 6.45) is 3.80. The number of aromatic nitrogens is 2. The van der Waals surface area contributed by atoms with Gasteiger partial charge in [-0.3, -0.25) is 4.79 Å². The van der Waals surface area contributed by atoms with Crippen LogP contribution in [0.3, 0.4) is 0 Å². The molecule has 2 aromatic rings. The SMILES string of the molecule is CC(C)Cc1noc([C@@H]2CCCCN2C(=O)c2cccs2)n1. The smallest absolute Gasteiger partial charge is 0.264 e. The molecule has 22 heavy (non-hydrogen) atoms. The number of likely N-dealkylation sites (tertiary alicyclic amines) is 1. The van der Waals surface area contributed by atoms with Crippen molar-refractivity contribution in [2.24, 2.45) is 5.92 Å². The standard InChI is InChI=1S/C16H21N3O2S/c1-11(2)10-14-17-15(21-18-14)12-6-3-4-8-19(12)16(20)13-7-5-9-22-13/h5,7,9,11-12H,3-4,6,8,10H2,1-2H3/t12-/m0/s1. The quantitative estimate of drug-likeness (QED) is 0.862. The van der Waals surface area contributed by atoms with Gasteiger partial charge in [0.1, 0.15) is 6.04 Å². The fourth-order valence-corrected chi connectivity index (χ4v) is 3.50. The van der Waals surface area contributed by atoms with E-state index in [2.05, 4.69) is 24.0 Å². The van der Waals surface area contributed by atoms with E-state index in [0.717, 1.165) is 42.9 Å². The minimum atomic E-state index is -0.0863. The maximum absolute atomic E-state index is 12.7. The van der Waals surface area contributed by atoms with Crippen LogP contribution in [0.4, 0.5) is 0 Å². The van der Waals surface area contributed by atoms with Crippen molar-refractivity contribution in [3.63, 3.8) is 0 Å². The molecule has 0 saturated carbocycles. The van der Waals surface area contributed by atoms with Gasteiger partial charge in [-0.05, 0) is 36.6 Å². The largest absolute Gasteiger partial charge is 0.337 e. The third kappa shape index (κ3) is 3.21. The van der Waals surface area contributed by atoms with Crippen LogP contribution in [0, 0.1) is 5.92 Å². The zero-order valence-electron chi connectivity index (χ0n) is 13.0. The van der Waals surface area contributed by atoms with Crippen molar-refractivity contribution < 1.29 is 9.32 Å². The summed E-state index contributed by atoms with van der Waals surface area (Å²) in [5, 5.41) is 6.00. The molecule has 0 bridgehead atoms. The maximum Gasteiger partial charge on any atom is 0.264 e. The van der Waals surface area contributed by atoms with E-state index < -0.39 is 0 Å². The summed E-state index contributed by atoms with van der Waals surface area (Å²) >= 11 is 1.48. The number of rotatable bonds is 4. The predicted octanol–water partition coefficient (Wildman–Crippen LogP) is 3.70. The van der Waals surface area contributed by atoms with Gasteiger partial charge in [-0.25, -0.2) is 0 Å². The molecule has 5 nitrogen and oxygen atoms in total. The first-order valence-corrected chi connectivity index (χ1v) is 8.70. The molecule has 1 atom stereocenters. The van der Waals surface area contributed by atoms with E-state index in [4.69, 9.17) is 4.52 Å². The van der Waals surface area contributed by atoms with Crippen LogP contribution in [-0.4, -0.2) is 27.5 Å².